The van der Waals surface area contributed by atoms with Gasteiger partial charge < -0.3 is 14.9 Å². The third kappa shape index (κ3) is 4.11. The first kappa shape index (κ1) is 17.7. The molecular weight excluding hydrogens is 304 g/mol. The molecule has 2 aliphatic heterocycles. The second kappa shape index (κ2) is 7.42. The molecule has 1 atom stereocenters. The number of carbonyl (C=O) groups is 2. The maximum Gasteiger partial charge on any atom is 0.227 e. The second-order valence-electron chi connectivity index (χ2n) is 8.29. The SMILES string of the molecule is CC1CCN(C(=O)[C@@H]2CCCN(C(=O)CC3(O)CCCC3)C2)CC1. The number of piperidine rings is 2. The average molecular weight is 336 g/mol. The predicted octanol–water partition coefficient (Wildman–Crippen LogP) is 2.18. The van der Waals surface area contributed by atoms with Gasteiger partial charge in [0.15, 0.2) is 0 Å². The molecule has 0 unspecified atom stereocenters. The Morgan fingerprint density at radius 1 is 1.00 bits per heavy atom. The van der Waals surface area contributed by atoms with E-state index in [1.54, 1.807) is 0 Å². The van der Waals surface area contributed by atoms with E-state index in [1.807, 2.05) is 9.80 Å². The molecule has 0 spiro atoms. The number of hydrogen-bond acceptors (Lipinski definition) is 3. The van der Waals surface area contributed by atoms with Crippen molar-refractivity contribution in [2.75, 3.05) is 26.2 Å². The van der Waals surface area contributed by atoms with Gasteiger partial charge in [0.1, 0.15) is 0 Å². The maximum absolute atomic E-state index is 12.8. The summed E-state index contributed by atoms with van der Waals surface area (Å²) in [6.45, 7) is 5.25. The maximum atomic E-state index is 12.8. The van der Waals surface area contributed by atoms with Crippen LogP contribution in [0.4, 0.5) is 0 Å². The molecule has 136 valence electrons. The molecule has 24 heavy (non-hydrogen) atoms. The van der Waals surface area contributed by atoms with Gasteiger partial charge in [-0.05, 0) is 44.4 Å². The number of likely N-dealkylation sites (tertiary alicyclic amines) is 2. The predicted molar refractivity (Wildman–Crippen MR) is 92.3 cm³/mol. The Hall–Kier alpha value is -1.10. The molecule has 1 saturated carbocycles. The molecule has 5 heteroatoms. The molecule has 3 aliphatic rings. The fourth-order valence-electron chi connectivity index (χ4n) is 4.50. The largest absolute Gasteiger partial charge is 0.389 e. The van der Waals surface area contributed by atoms with Crippen LogP contribution in [0.25, 0.3) is 0 Å². The Morgan fingerprint density at radius 2 is 1.67 bits per heavy atom. The van der Waals surface area contributed by atoms with Crippen LogP contribution in [-0.2, 0) is 9.59 Å². The van der Waals surface area contributed by atoms with Gasteiger partial charge in [-0.3, -0.25) is 9.59 Å². The van der Waals surface area contributed by atoms with E-state index in [2.05, 4.69) is 6.92 Å². The molecule has 0 bridgehead atoms. The van der Waals surface area contributed by atoms with E-state index in [0.29, 0.717) is 12.5 Å². The molecular formula is C19H32N2O3. The normalized spacial score (nSPS) is 28.2. The summed E-state index contributed by atoms with van der Waals surface area (Å²) in [5, 5.41) is 10.5. The molecule has 0 radical (unpaired) electrons. The summed E-state index contributed by atoms with van der Waals surface area (Å²) in [4.78, 5) is 29.2. The number of rotatable bonds is 3. The average Bonchev–Trinajstić information content (AvgIpc) is 3.01. The molecule has 0 aromatic carbocycles. The summed E-state index contributed by atoms with van der Waals surface area (Å²) < 4.78 is 0. The minimum Gasteiger partial charge on any atom is -0.389 e. The first-order chi connectivity index (χ1) is 11.5. The van der Waals surface area contributed by atoms with Crippen LogP contribution < -0.4 is 0 Å². The highest BCUT2D eigenvalue weighted by Crippen LogP contribution is 2.33. The highest BCUT2D eigenvalue weighted by molar-refractivity contribution is 5.82. The van der Waals surface area contributed by atoms with E-state index >= 15 is 0 Å². The van der Waals surface area contributed by atoms with Crippen LogP contribution in [0.3, 0.4) is 0 Å². The molecule has 3 rings (SSSR count). The van der Waals surface area contributed by atoms with Crippen molar-refractivity contribution in [3.05, 3.63) is 0 Å². The molecule has 2 saturated heterocycles. The van der Waals surface area contributed by atoms with Gasteiger partial charge in [0.2, 0.25) is 11.8 Å². The fraction of sp³-hybridized carbons (Fsp3) is 0.895. The van der Waals surface area contributed by atoms with Crippen LogP contribution in [0, 0.1) is 11.8 Å². The number of carbonyl (C=O) groups excluding carboxylic acids is 2. The molecule has 3 fully saturated rings. The van der Waals surface area contributed by atoms with Gasteiger partial charge in [-0.15, -0.1) is 0 Å². The van der Waals surface area contributed by atoms with Crippen molar-refractivity contribution in [3.8, 4) is 0 Å². The third-order valence-corrected chi connectivity index (χ3v) is 6.23. The van der Waals surface area contributed by atoms with E-state index in [-0.39, 0.29) is 24.2 Å². The van der Waals surface area contributed by atoms with Crippen LogP contribution in [-0.4, -0.2) is 58.5 Å². The lowest BCUT2D eigenvalue weighted by molar-refractivity contribution is -0.143. The van der Waals surface area contributed by atoms with Gasteiger partial charge in [-0.2, -0.15) is 0 Å². The van der Waals surface area contributed by atoms with Crippen LogP contribution in [0.2, 0.25) is 0 Å². The second-order valence-corrected chi connectivity index (χ2v) is 8.29. The minimum absolute atomic E-state index is 0.0316. The number of amides is 2. The van der Waals surface area contributed by atoms with Crippen molar-refractivity contribution in [2.24, 2.45) is 11.8 Å². The number of nitrogens with zero attached hydrogens (tertiary/aromatic N) is 2. The topological polar surface area (TPSA) is 60.9 Å². The zero-order chi connectivity index (χ0) is 17.2. The van der Waals surface area contributed by atoms with Gasteiger partial charge >= 0.3 is 0 Å². The lowest BCUT2D eigenvalue weighted by atomic mass is 9.92. The Kier molecular flexibility index (Phi) is 5.48. The molecule has 1 aliphatic carbocycles. The zero-order valence-corrected chi connectivity index (χ0v) is 15.0. The standard InChI is InChI=1S/C19H32N2O3/c1-15-6-11-20(12-7-15)18(23)16-5-4-10-21(14-16)17(22)13-19(24)8-2-3-9-19/h15-16,24H,2-14H2,1H3/t16-/m1/s1. The molecule has 5 nitrogen and oxygen atoms in total. The Labute approximate surface area is 145 Å². The lowest BCUT2D eigenvalue weighted by Crippen LogP contribution is -2.49. The van der Waals surface area contributed by atoms with Crippen LogP contribution >= 0.6 is 0 Å². The van der Waals surface area contributed by atoms with Gasteiger partial charge in [0, 0.05) is 26.2 Å². The van der Waals surface area contributed by atoms with Crippen LogP contribution in [0.1, 0.15) is 64.7 Å². The number of aliphatic hydroxyl groups is 1. The van der Waals surface area contributed by atoms with Crippen molar-refractivity contribution >= 4 is 11.8 Å². The lowest BCUT2D eigenvalue weighted by Gasteiger charge is -2.38. The molecule has 0 aromatic heterocycles. The first-order valence-corrected chi connectivity index (χ1v) is 9.76. The highest BCUT2D eigenvalue weighted by atomic mass is 16.3. The van der Waals surface area contributed by atoms with E-state index in [9.17, 15) is 14.7 Å². The summed E-state index contributed by atoms with van der Waals surface area (Å²) >= 11 is 0. The monoisotopic (exact) mass is 336 g/mol. The summed E-state index contributed by atoms with van der Waals surface area (Å²) in [6.07, 6.45) is 7.69. The summed E-state index contributed by atoms with van der Waals surface area (Å²) in [5.41, 5.74) is -0.795. The van der Waals surface area contributed by atoms with Crippen molar-refractivity contribution in [1.82, 2.24) is 9.80 Å². The number of hydrogen-bond donors (Lipinski definition) is 1. The van der Waals surface area contributed by atoms with Gasteiger partial charge in [0.05, 0.1) is 17.9 Å². The first-order valence-electron chi connectivity index (χ1n) is 9.76. The van der Waals surface area contributed by atoms with E-state index in [4.69, 9.17) is 0 Å². The zero-order valence-electron chi connectivity index (χ0n) is 15.0. The van der Waals surface area contributed by atoms with Crippen LogP contribution in [0.15, 0.2) is 0 Å². The van der Waals surface area contributed by atoms with E-state index in [1.165, 1.54) is 0 Å². The highest BCUT2D eigenvalue weighted by Gasteiger charge is 2.37. The van der Waals surface area contributed by atoms with Crippen molar-refractivity contribution in [2.45, 2.75) is 70.3 Å². The summed E-state index contributed by atoms with van der Waals surface area (Å²) in [6, 6.07) is 0. The third-order valence-electron chi connectivity index (χ3n) is 6.23. The quantitative estimate of drug-likeness (QED) is 0.859. The summed E-state index contributed by atoms with van der Waals surface area (Å²) in [7, 11) is 0. The van der Waals surface area contributed by atoms with Gasteiger partial charge in [-0.25, -0.2) is 0 Å². The van der Waals surface area contributed by atoms with Crippen molar-refractivity contribution in [3.63, 3.8) is 0 Å². The van der Waals surface area contributed by atoms with E-state index in [0.717, 1.165) is 71.0 Å². The van der Waals surface area contributed by atoms with Crippen molar-refractivity contribution < 1.29 is 14.7 Å². The van der Waals surface area contributed by atoms with Crippen LogP contribution in [0.5, 0.6) is 0 Å². The van der Waals surface area contributed by atoms with Crippen molar-refractivity contribution in [1.29, 1.82) is 0 Å². The Bertz CT molecular complexity index is 465. The Balaban J connectivity index is 1.53. The Morgan fingerprint density at radius 3 is 2.33 bits per heavy atom. The smallest absolute Gasteiger partial charge is 0.227 e. The molecule has 2 amide bonds. The minimum atomic E-state index is -0.795. The van der Waals surface area contributed by atoms with Gasteiger partial charge in [0.25, 0.3) is 0 Å². The van der Waals surface area contributed by atoms with E-state index < -0.39 is 5.60 Å². The fourth-order valence-corrected chi connectivity index (χ4v) is 4.50. The van der Waals surface area contributed by atoms with Gasteiger partial charge in [-0.1, -0.05) is 19.8 Å². The molecule has 1 N–H and O–H groups in total. The summed E-state index contributed by atoms with van der Waals surface area (Å²) in [5.74, 6) is 0.933. The molecule has 2 heterocycles. The molecule has 0 aromatic rings.